The van der Waals surface area contributed by atoms with Crippen molar-refractivity contribution >= 4 is 44.8 Å². The Morgan fingerprint density at radius 3 is 2.23 bits per heavy atom. The average molecular weight is 850 g/mol. The molecule has 5 aromatic rings. The van der Waals surface area contributed by atoms with Crippen LogP contribution in [0.15, 0.2) is 137 Å². The second-order valence-electron chi connectivity index (χ2n) is 15.2. The van der Waals surface area contributed by atoms with Crippen molar-refractivity contribution in [1.29, 1.82) is 0 Å². The van der Waals surface area contributed by atoms with Gasteiger partial charge in [0.1, 0.15) is 5.69 Å². The monoisotopic (exact) mass is 849 g/mol. The van der Waals surface area contributed by atoms with Crippen molar-refractivity contribution < 1.29 is 27.6 Å². The first-order valence-corrected chi connectivity index (χ1v) is 22.7. The maximum Gasteiger partial charge on any atom is 0.293 e. The smallest absolute Gasteiger partial charge is 0.293 e. The van der Waals surface area contributed by atoms with Crippen LogP contribution in [0.4, 0.5) is 17.1 Å². The summed E-state index contributed by atoms with van der Waals surface area (Å²) in [6.45, 7) is 5.24. The van der Waals surface area contributed by atoms with Gasteiger partial charge < -0.3 is 19.7 Å². The van der Waals surface area contributed by atoms with Crippen molar-refractivity contribution in [3.05, 3.63) is 149 Å². The van der Waals surface area contributed by atoms with Crippen LogP contribution in [0.5, 0.6) is 0 Å². The molecule has 5 aromatic carbocycles. The normalized spacial score (nSPS) is 16.2. The number of benzene rings is 5. The molecular formula is C46H51N5O7S2. The fourth-order valence-electron chi connectivity index (χ4n) is 7.86. The molecule has 1 amide bonds. The number of anilines is 2. The predicted molar refractivity (Wildman–Crippen MR) is 237 cm³/mol. The Hall–Kier alpha value is -5.25. The van der Waals surface area contributed by atoms with Gasteiger partial charge in [-0.1, -0.05) is 72.8 Å². The molecule has 0 radical (unpaired) electrons. The maximum atomic E-state index is 13.5. The topological polar surface area (TPSA) is 143 Å². The summed E-state index contributed by atoms with van der Waals surface area (Å²) in [6, 6.07) is 39.1. The molecule has 2 heterocycles. The van der Waals surface area contributed by atoms with Crippen LogP contribution in [-0.2, 0) is 25.9 Å². The van der Waals surface area contributed by atoms with E-state index in [9.17, 15) is 23.3 Å². The molecule has 0 saturated carbocycles. The molecule has 0 unspecified atom stereocenters. The van der Waals surface area contributed by atoms with E-state index in [1.807, 2.05) is 60.7 Å². The number of nitro groups is 1. The molecule has 0 bridgehead atoms. The Balaban J connectivity index is 0.979. The quantitative estimate of drug-likeness (QED) is 0.0536. The number of hydrogen-bond acceptors (Lipinski definition) is 11. The zero-order chi connectivity index (χ0) is 42.0. The number of nitro benzene ring substituents is 1. The highest BCUT2D eigenvalue weighted by Gasteiger charge is 2.36. The maximum absolute atomic E-state index is 13.5. The minimum absolute atomic E-state index is 0.148. The molecule has 0 aromatic heterocycles. The van der Waals surface area contributed by atoms with Crippen LogP contribution >= 0.6 is 11.8 Å². The van der Waals surface area contributed by atoms with E-state index < -0.39 is 26.5 Å². The lowest BCUT2D eigenvalue weighted by Crippen LogP contribution is -2.47. The number of ether oxygens (including phenoxy) is 2. The number of rotatable bonds is 17. The summed E-state index contributed by atoms with van der Waals surface area (Å²) in [5, 5.41) is 15.6. The van der Waals surface area contributed by atoms with Gasteiger partial charge in [0.2, 0.25) is 0 Å². The van der Waals surface area contributed by atoms with Crippen molar-refractivity contribution in [2.75, 3.05) is 69.0 Å². The first kappa shape index (κ1) is 42.9. The van der Waals surface area contributed by atoms with Crippen molar-refractivity contribution in [1.82, 2.24) is 9.62 Å². The number of piperidine rings is 1. The van der Waals surface area contributed by atoms with E-state index in [1.165, 1.54) is 28.8 Å². The Labute approximate surface area is 356 Å². The third-order valence-electron chi connectivity index (χ3n) is 11.4. The molecular weight excluding hydrogens is 799 g/mol. The molecule has 2 aliphatic heterocycles. The van der Waals surface area contributed by atoms with Crippen molar-refractivity contribution in [2.45, 2.75) is 47.1 Å². The fourth-order valence-corrected chi connectivity index (χ4v) is 9.84. The number of hydrogen-bond donors (Lipinski definition) is 2. The number of morpholine rings is 1. The third kappa shape index (κ3) is 10.9. The zero-order valence-electron chi connectivity index (χ0n) is 33.7. The van der Waals surface area contributed by atoms with Crippen LogP contribution in [0, 0.1) is 10.1 Å². The van der Waals surface area contributed by atoms with Gasteiger partial charge >= 0.3 is 0 Å². The average Bonchev–Trinajstić information content (AvgIpc) is 3.28. The first-order chi connectivity index (χ1) is 29.1. The van der Waals surface area contributed by atoms with E-state index in [4.69, 9.17) is 9.47 Å². The number of amides is 1. The summed E-state index contributed by atoms with van der Waals surface area (Å²) in [4.78, 5) is 30.2. The SMILES string of the molecule is COC1(Cc2ccccc2-c2ccccc2)CCN(c2ccc(C(=O)NS(=O)(=O)c3ccc(N[C@H](CCN4CCOCC4)CSc4ccccc4)c([N+](=O)[O-])c3)cc2)CC1. The second-order valence-corrected chi connectivity index (χ2v) is 18.0. The molecule has 314 valence electrons. The van der Waals surface area contributed by atoms with Gasteiger partial charge in [-0.25, -0.2) is 13.1 Å². The zero-order valence-corrected chi connectivity index (χ0v) is 35.3. The van der Waals surface area contributed by atoms with Crippen LogP contribution in [0.2, 0.25) is 0 Å². The summed E-state index contributed by atoms with van der Waals surface area (Å²) < 4.78 is 40.8. The van der Waals surface area contributed by atoms with Crippen molar-refractivity contribution in [2.24, 2.45) is 0 Å². The summed E-state index contributed by atoms with van der Waals surface area (Å²) in [6.07, 6.45) is 3.09. The van der Waals surface area contributed by atoms with E-state index in [1.54, 1.807) is 31.0 Å². The number of sulfonamides is 1. The van der Waals surface area contributed by atoms with Gasteiger partial charge in [-0.05, 0) is 84.5 Å². The Morgan fingerprint density at radius 2 is 1.55 bits per heavy atom. The van der Waals surface area contributed by atoms with Gasteiger partial charge in [0.25, 0.3) is 21.6 Å². The Bertz CT molecular complexity index is 2320. The third-order valence-corrected chi connectivity index (χ3v) is 13.9. The molecule has 14 heteroatoms. The number of methoxy groups -OCH3 is 1. The Morgan fingerprint density at radius 1 is 0.883 bits per heavy atom. The fraction of sp³-hybridized carbons (Fsp3) is 0.326. The number of nitrogens with zero attached hydrogens (tertiary/aromatic N) is 3. The lowest BCUT2D eigenvalue weighted by molar-refractivity contribution is -0.384. The van der Waals surface area contributed by atoms with E-state index >= 15 is 0 Å². The van der Waals surface area contributed by atoms with Crippen molar-refractivity contribution in [3.63, 3.8) is 0 Å². The highest BCUT2D eigenvalue weighted by atomic mass is 32.2. The number of carbonyl (C=O) groups is 1. The van der Waals surface area contributed by atoms with E-state index in [2.05, 4.69) is 56.2 Å². The van der Waals surface area contributed by atoms with Crippen LogP contribution in [-0.4, -0.2) is 94.6 Å². The highest BCUT2D eigenvalue weighted by Crippen LogP contribution is 2.36. The molecule has 2 N–H and O–H groups in total. The van der Waals surface area contributed by atoms with Gasteiger partial charge in [-0.15, -0.1) is 11.8 Å². The van der Waals surface area contributed by atoms with Crippen molar-refractivity contribution in [3.8, 4) is 11.1 Å². The summed E-state index contributed by atoms with van der Waals surface area (Å²) >= 11 is 1.64. The summed E-state index contributed by atoms with van der Waals surface area (Å²) in [5.74, 6) is -0.197. The number of thioether (sulfide) groups is 1. The van der Waals surface area contributed by atoms with Gasteiger partial charge in [0, 0.05) is 80.3 Å². The molecule has 12 nitrogen and oxygen atoms in total. The predicted octanol–water partition coefficient (Wildman–Crippen LogP) is 7.90. The second kappa shape index (κ2) is 19.9. The minimum Gasteiger partial charge on any atom is -0.379 e. The van der Waals surface area contributed by atoms with E-state index in [0.717, 1.165) is 68.6 Å². The first-order valence-electron chi connectivity index (χ1n) is 20.2. The molecule has 7 rings (SSSR count). The van der Waals surface area contributed by atoms with E-state index in [0.29, 0.717) is 25.4 Å². The summed E-state index contributed by atoms with van der Waals surface area (Å²) in [7, 11) is -2.67. The molecule has 2 saturated heterocycles. The van der Waals surface area contributed by atoms with Crippen LogP contribution in [0.1, 0.15) is 35.2 Å². The standard InChI is InChI=1S/C46H51N5O7S2/c1-57-46(33-37-12-8-9-15-42(37)35-10-4-2-5-11-35)23-26-50(27-24-46)39-18-16-36(17-19-39)45(52)48-60(55,56)41-20-21-43(44(32-41)51(53)54)47-38(22-25-49-28-30-58-31-29-49)34-59-40-13-6-3-7-14-40/h2-21,32,38,47H,22-31,33-34H2,1H3,(H,48,52)/t38-/m1/s1. The number of nitrogens with one attached hydrogen (secondary N) is 2. The molecule has 2 fully saturated rings. The highest BCUT2D eigenvalue weighted by molar-refractivity contribution is 7.99. The van der Waals surface area contributed by atoms with Gasteiger partial charge in [0.15, 0.2) is 0 Å². The lowest BCUT2D eigenvalue weighted by atomic mass is 9.82. The molecule has 2 aliphatic rings. The summed E-state index contributed by atoms with van der Waals surface area (Å²) in [5.41, 5.74) is 4.16. The van der Waals surface area contributed by atoms with Gasteiger partial charge in [0.05, 0.1) is 28.6 Å². The Kier molecular flexibility index (Phi) is 14.2. The number of carbonyl (C=O) groups excluding carboxylic acids is 1. The molecule has 0 spiro atoms. The van der Waals surface area contributed by atoms with Crippen LogP contribution in [0.3, 0.4) is 0 Å². The lowest BCUT2D eigenvalue weighted by Gasteiger charge is -2.42. The minimum atomic E-state index is -4.45. The largest absolute Gasteiger partial charge is 0.379 e. The van der Waals surface area contributed by atoms with Gasteiger partial charge in [-0.3, -0.25) is 19.8 Å². The van der Waals surface area contributed by atoms with Crippen LogP contribution < -0.4 is 14.9 Å². The van der Waals surface area contributed by atoms with E-state index in [-0.39, 0.29) is 27.8 Å². The molecule has 1 atom stereocenters. The van der Waals surface area contributed by atoms with Gasteiger partial charge in [-0.2, -0.15) is 0 Å². The molecule has 60 heavy (non-hydrogen) atoms. The van der Waals surface area contributed by atoms with Crippen LogP contribution in [0.25, 0.3) is 11.1 Å². The molecule has 0 aliphatic carbocycles.